The Bertz CT molecular complexity index is 1550. The zero-order chi connectivity index (χ0) is 58.0. The molecule has 0 heterocycles. The third kappa shape index (κ3) is 53.4. The average molecular weight is 1160 g/mol. The van der Waals surface area contributed by atoms with Crippen LogP contribution in [-0.4, -0.2) is 96.7 Å². The van der Waals surface area contributed by atoms with Crippen molar-refractivity contribution in [3.05, 3.63) is 0 Å². The molecule has 0 rings (SSSR count). The van der Waals surface area contributed by atoms with Crippen molar-refractivity contribution in [3.63, 3.8) is 0 Å². The number of carbonyl (C=O) groups excluding carboxylic acids is 4. The van der Waals surface area contributed by atoms with Crippen LogP contribution in [0.25, 0.3) is 0 Å². The van der Waals surface area contributed by atoms with Crippen molar-refractivity contribution in [1.82, 2.24) is 0 Å². The number of phosphoric acid groups is 2. The van der Waals surface area contributed by atoms with Gasteiger partial charge < -0.3 is 33.8 Å². The van der Waals surface area contributed by atoms with Crippen LogP contribution in [0.2, 0.25) is 0 Å². The molecule has 78 heavy (non-hydrogen) atoms. The number of carbonyl (C=O) groups is 4. The van der Waals surface area contributed by atoms with Gasteiger partial charge in [-0.1, -0.05) is 234 Å². The Hall–Kier alpha value is -1.94. The fourth-order valence-corrected chi connectivity index (χ4v) is 10.2. The minimum absolute atomic E-state index is 0.103. The molecule has 0 radical (unpaired) electrons. The molecule has 462 valence electrons. The van der Waals surface area contributed by atoms with Crippen molar-refractivity contribution in [2.75, 3.05) is 39.6 Å². The molecule has 0 bridgehead atoms. The first-order valence-corrected chi connectivity index (χ1v) is 34.0. The maximum absolute atomic E-state index is 12.9. The van der Waals surface area contributed by atoms with Crippen molar-refractivity contribution in [2.24, 2.45) is 11.8 Å². The summed E-state index contributed by atoms with van der Waals surface area (Å²) >= 11 is 0. The van der Waals surface area contributed by atoms with Gasteiger partial charge in [0.05, 0.1) is 26.4 Å². The van der Waals surface area contributed by atoms with E-state index in [0.717, 1.165) is 109 Å². The van der Waals surface area contributed by atoms with E-state index >= 15 is 0 Å². The molecule has 0 aliphatic heterocycles. The molecule has 0 saturated carbocycles. The molecule has 0 aromatic rings. The second kappa shape index (κ2) is 51.9. The maximum atomic E-state index is 12.9. The lowest BCUT2D eigenvalue weighted by Gasteiger charge is -2.21. The third-order valence-electron chi connectivity index (χ3n) is 13.5. The molecule has 0 aromatic heterocycles. The number of aliphatic hydroxyl groups is 1. The van der Waals surface area contributed by atoms with E-state index in [4.69, 9.17) is 37.0 Å². The summed E-state index contributed by atoms with van der Waals surface area (Å²) in [5.74, 6) is -0.723. The van der Waals surface area contributed by atoms with Gasteiger partial charge in [0.25, 0.3) is 0 Å². The van der Waals surface area contributed by atoms with Crippen molar-refractivity contribution < 1.29 is 80.2 Å². The Morgan fingerprint density at radius 1 is 0.346 bits per heavy atom. The van der Waals surface area contributed by atoms with Crippen LogP contribution in [0.3, 0.4) is 0 Å². The number of phosphoric ester groups is 2. The predicted octanol–water partition coefficient (Wildman–Crippen LogP) is 15.7. The number of aliphatic hydroxyl groups excluding tert-OH is 1. The minimum atomic E-state index is -4.94. The molecule has 0 amide bonds. The third-order valence-corrected chi connectivity index (χ3v) is 15.4. The molecule has 17 nitrogen and oxygen atoms in total. The summed E-state index contributed by atoms with van der Waals surface area (Å²) in [5.41, 5.74) is 0. The number of unbranched alkanes of at least 4 members (excludes halogenated alkanes) is 28. The summed E-state index contributed by atoms with van der Waals surface area (Å²) in [7, 11) is -9.87. The van der Waals surface area contributed by atoms with Gasteiger partial charge in [-0.2, -0.15) is 0 Å². The molecule has 0 saturated heterocycles. The highest BCUT2D eigenvalue weighted by atomic mass is 31.2. The lowest BCUT2D eigenvalue weighted by atomic mass is 10.0. The van der Waals surface area contributed by atoms with Crippen LogP contribution in [-0.2, 0) is 65.4 Å². The van der Waals surface area contributed by atoms with E-state index < -0.39 is 97.5 Å². The SMILES string of the molecule is CCCCCCCCCCCC(=O)O[C@H](COC(=O)CCCCCCCCCC)COP(=O)(O)OC[C@H](O)COP(=O)(O)OC[C@@H](COC(=O)CCCCCCCCCC(C)C)OC(=O)CCCCCCCCCCC(C)C. The molecular weight excluding hydrogens is 1040 g/mol. The smallest absolute Gasteiger partial charge is 0.462 e. The Morgan fingerprint density at radius 3 is 0.872 bits per heavy atom. The highest BCUT2D eigenvalue weighted by Crippen LogP contribution is 2.45. The molecule has 2 unspecified atom stereocenters. The van der Waals surface area contributed by atoms with Crippen LogP contribution in [0.5, 0.6) is 0 Å². The van der Waals surface area contributed by atoms with Crippen molar-refractivity contribution in [2.45, 2.75) is 304 Å². The van der Waals surface area contributed by atoms with E-state index in [-0.39, 0.29) is 25.7 Å². The van der Waals surface area contributed by atoms with Crippen LogP contribution in [0, 0.1) is 11.8 Å². The van der Waals surface area contributed by atoms with Gasteiger partial charge in [0, 0.05) is 25.7 Å². The summed E-state index contributed by atoms with van der Waals surface area (Å²) in [6.07, 6.45) is 32.2. The quantitative estimate of drug-likeness (QED) is 0.0222. The number of esters is 4. The maximum Gasteiger partial charge on any atom is 0.472 e. The zero-order valence-electron chi connectivity index (χ0n) is 50.0. The molecule has 3 N–H and O–H groups in total. The number of ether oxygens (including phenoxy) is 4. The summed E-state index contributed by atoms with van der Waals surface area (Å²) in [4.78, 5) is 71.8. The summed E-state index contributed by atoms with van der Waals surface area (Å²) in [6, 6.07) is 0. The monoisotopic (exact) mass is 1160 g/mol. The molecule has 0 aliphatic rings. The topological polar surface area (TPSA) is 237 Å². The number of hydrogen-bond donors (Lipinski definition) is 3. The van der Waals surface area contributed by atoms with Gasteiger partial charge >= 0.3 is 39.5 Å². The molecule has 5 atom stereocenters. The Kier molecular flexibility index (Phi) is 50.6. The standard InChI is InChI=1S/C59H114O17P2/c1-7-9-11-13-15-17-24-31-37-43-58(63)75-54(47-69-56(61)41-35-29-23-16-14-12-10-8-2)49-73-77(65,66)71-45-53(60)46-72-78(67,68)74-50-55(48-70-57(62)42-36-30-26-20-22-28-34-40-52(5)6)76-59(64)44-38-32-25-19-18-21-27-33-39-51(3)4/h51-55,60H,7-50H2,1-6H3,(H,65,66)(H,67,68)/t53-,54+,55+/m0/s1. The summed E-state index contributed by atoms with van der Waals surface area (Å²) in [6.45, 7) is 9.31. The van der Waals surface area contributed by atoms with Crippen LogP contribution >= 0.6 is 15.6 Å². The van der Waals surface area contributed by atoms with Crippen molar-refractivity contribution in [1.29, 1.82) is 0 Å². The van der Waals surface area contributed by atoms with E-state index in [2.05, 4.69) is 41.5 Å². The zero-order valence-corrected chi connectivity index (χ0v) is 51.7. The Labute approximate surface area is 473 Å². The van der Waals surface area contributed by atoms with Gasteiger partial charge in [0.2, 0.25) is 0 Å². The largest absolute Gasteiger partial charge is 0.472 e. The van der Waals surface area contributed by atoms with Gasteiger partial charge in [-0.15, -0.1) is 0 Å². The van der Waals surface area contributed by atoms with Gasteiger partial charge in [0.1, 0.15) is 19.3 Å². The van der Waals surface area contributed by atoms with Gasteiger partial charge in [-0.25, -0.2) is 9.13 Å². The minimum Gasteiger partial charge on any atom is -0.462 e. The molecule has 0 aliphatic carbocycles. The predicted molar refractivity (Wildman–Crippen MR) is 308 cm³/mol. The fourth-order valence-electron chi connectivity index (χ4n) is 8.65. The van der Waals surface area contributed by atoms with E-state index in [1.54, 1.807) is 0 Å². The van der Waals surface area contributed by atoms with E-state index in [9.17, 15) is 43.2 Å². The number of hydrogen-bond acceptors (Lipinski definition) is 15. The van der Waals surface area contributed by atoms with Crippen LogP contribution in [0.4, 0.5) is 0 Å². The first-order valence-electron chi connectivity index (χ1n) is 31.0. The van der Waals surface area contributed by atoms with Gasteiger partial charge in [-0.3, -0.25) is 37.3 Å². The first kappa shape index (κ1) is 76.1. The van der Waals surface area contributed by atoms with Crippen molar-refractivity contribution in [3.8, 4) is 0 Å². The van der Waals surface area contributed by atoms with Crippen LogP contribution in [0.15, 0.2) is 0 Å². The van der Waals surface area contributed by atoms with E-state index in [0.29, 0.717) is 31.6 Å². The lowest BCUT2D eigenvalue weighted by Crippen LogP contribution is -2.30. The first-order chi connectivity index (χ1) is 37.4. The van der Waals surface area contributed by atoms with E-state index in [1.807, 2.05) is 0 Å². The second-order valence-corrected chi connectivity index (χ2v) is 25.2. The normalized spacial score (nSPS) is 14.4. The highest BCUT2D eigenvalue weighted by Gasteiger charge is 2.30. The van der Waals surface area contributed by atoms with Gasteiger partial charge in [-0.05, 0) is 37.5 Å². The Balaban J connectivity index is 5.23. The van der Waals surface area contributed by atoms with Crippen LogP contribution < -0.4 is 0 Å². The Morgan fingerprint density at radius 2 is 0.590 bits per heavy atom. The molecule has 0 fully saturated rings. The lowest BCUT2D eigenvalue weighted by molar-refractivity contribution is -0.161. The highest BCUT2D eigenvalue weighted by molar-refractivity contribution is 7.47. The second-order valence-electron chi connectivity index (χ2n) is 22.3. The number of rotatable bonds is 58. The summed E-state index contributed by atoms with van der Waals surface area (Å²) < 4.78 is 67.7. The molecule has 0 aromatic carbocycles. The summed E-state index contributed by atoms with van der Waals surface area (Å²) in [5, 5.41) is 10.5. The van der Waals surface area contributed by atoms with E-state index in [1.165, 1.54) is 89.9 Å². The molecule has 19 heteroatoms. The average Bonchev–Trinajstić information content (AvgIpc) is 3.39. The van der Waals surface area contributed by atoms with Crippen LogP contribution in [0.1, 0.15) is 286 Å². The molecule has 0 spiro atoms. The van der Waals surface area contributed by atoms with Gasteiger partial charge in [0.15, 0.2) is 12.2 Å². The fraction of sp³-hybridized carbons (Fsp3) is 0.932. The van der Waals surface area contributed by atoms with Crippen molar-refractivity contribution >= 4 is 39.5 Å². The molecular formula is C59H114O17P2.